The Morgan fingerprint density at radius 1 is 1.53 bits per heavy atom. The summed E-state index contributed by atoms with van der Waals surface area (Å²) in [5.41, 5.74) is -0.429. The molecule has 1 aliphatic carbocycles. The van der Waals surface area contributed by atoms with Gasteiger partial charge in [0.1, 0.15) is 5.54 Å². The minimum Gasteiger partial charge on any atom is -0.465 e. The second-order valence-corrected chi connectivity index (χ2v) is 6.58. The maximum absolute atomic E-state index is 12.3. The lowest BCUT2D eigenvalue weighted by Gasteiger charge is -2.40. The van der Waals surface area contributed by atoms with Crippen molar-refractivity contribution >= 4 is 17.7 Å². The van der Waals surface area contributed by atoms with Crippen molar-refractivity contribution in [1.29, 1.82) is 0 Å². The van der Waals surface area contributed by atoms with Gasteiger partial charge in [-0.1, -0.05) is 6.92 Å². The van der Waals surface area contributed by atoms with Crippen molar-refractivity contribution in [2.45, 2.75) is 50.3 Å². The van der Waals surface area contributed by atoms with Gasteiger partial charge in [0.15, 0.2) is 0 Å². The molecule has 1 saturated carbocycles. The third-order valence-corrected chi connectivity index (χ3v) is 5.25. The van der Waals surface area contributed by atoms with Gasteiger partial charge in [-0.05, 0) is 50.8 Å². The quantitative estimate of drug-likeness (QED) is 0.766. The fourth-order valence-corrected chi connectivity index (χ4v) is 3.68. The Labute approximate surface area is 108 Å². The van der Waals surface area contributed by atoms with Crippen molar-refractivity contribution in [2.24, 2.45) is 5.92 Å². The largest absolute Gasteiger partial charge is 0.465 e. The average molecular weight is 257 g/mol. The molecule has 1 saturated heterocycles. The zero-order chi connectivity index (χ0) is 12.3. The monoisotopic (exact) mass is 257 g/mol. The van der Waals surface area contributed by atoms with Crippen molar-refractivity contribution in [3.8, 4) is 0 Å². The Balaban J connectivity index is 2.04. The topological polar surface area (TPSA) is 38.3 Å². The summed E-state index contributed by atoms with van der Waals surface area (Å²) in [7, 11) is 0. The van der Waals surface area contributed by atoms with E-state index in [1.54, 1.807) is 0 Å². The normalized spacial score (nSPS) is 33.4. The van der Waals surface area contributed by atoms with Crippen LogP contribution >= 0.6 is 11.8 Å². The predicted octanol–water partition coefficient (Wildman–Crippen LogP) is 2.20. The standard InChI is InChI=1S/C13H23NO2S/c1-3-16-12(15)13(14-9-11-5-6-11)7-4-8-17-10(13)2/h10-11,14H,3-9H2,1-2H3. The molecule has 0 spiro atoms. The molecule has 0 radical (unpaired) electrons. The van der Waals surface area contributed by atoms with Crippen molar-refractivity contribution in [3.05, 3.63) is 0 Å². The first-order valence-corrected chi connectivity index (χ1v) is 7.78. The highest BCUT2D eigenvalue weighted by Crippen LogP contribution is 2.36. The summed E-state index contributed by atoms with van der Waals surface area (Å²) < 4.78 is 5.29. The molecule has 2 unspecified atom stereocenters. The summed E-state index contributed by atoms with van der Waals surface area (Å²) in [5, 5.41) is 3.85. The first-order valence-electron chi connectivity index (χ1n) is 6.73. The van der Waals surface area contributed by atoms with Crippen LogP contribution in [0.15, 0.2) is 0 Å². The van der Waals surface area contributed by atoms with Gasteiger partial charge in [0.05, 0.1) is 6.61 Å². The molecule has 2 aliphatic rings. The van der Waals surface area contributed by atoms with E-state index in [1.165, 1.54) is 12.8 Å². The van der Waals surface area contributed by atoms with Crippen LogP contribution in [0.3, 0.4) is 0 Å². The molecule has 2 fully saturated rings. The van der Waals surface area contributed by atoms with Gasteiger partial charge in [-0.2, -0.15) is 11.8 Å². The summed E-state index contributed by atoms with van der Waals surface area (Å²) in [4.78, 5) is 12.3. The number of rotatable bonds is 5. The Kier molecular flexibility index (Phi) is 4.36. The number of hydrogen-bond acceptors (Lipinski definition) is 4. The summed E-state index contributed by atoms with van der Waals surface area (Å²) in [5.74, 6) is 1.91. The van der Waals surface area contributed by atoms with Crippen molar-refractivity contribution in [1.82, 2.24) is 5.32 Å². The predicted molar refractivity (Wildman–Crippen MR) is 71.2 cm³/mol. The lowest BCUT2D eigenvalue weighted by Crippen LogP contribution is -2.61. The van der Waals surface area contributed by atoms with Crippen molar-refractivity contribution in [2.75, 3.05) is 18.9 Å². The second kappa shape index (κ2) is 5.61. The van der Waals surface area contributed by atoms with Gasteiger partial charge in [-0.25, -0.2) is 0 Å². The molecule has 17 heavy (non-hydrogen) atoms. The Hall–Kier alpha value is -0.220. The molecular weight excluding hydrogens is 234 g/mol. The Morgan fingerprint density at radius 2 is 2.29 bits per heavy atom. The maximum Gasteiger partial charge on any atom is 0.327 e. The molecule has 98 valence electrons. The van der Waals surface area contributed by atoms with Crippen molar-refractivity contribution in [3.63, 3.8) is 0 Å². The van der Waals surface area contributed by atoms with Crippen LogP contribution in [0.2, 0.25) is 0 Å². The molecule has 4 heteroatoms. The molecule has 0 aromatic rings. The Morgan fingerprint density at radius 3 is 2.88 bits per heavy atom. The molecule has 1 N–H and O–H groups in total. The van der Waals surface area contributed by atoms with E-state index >= 15 is 0 Å². The molecule has 3 nitrogen and oxygen atoms in total. The lowest BCUT2D eigenvalue weighted by molar-refractivity contribution is -0.151. The van der Waals surface area contributed by atoms with Crippen LogP contribution in [0.25, 0.3) is 0 Å². The highest BCUT2D eigenvalue weighted by Gasteiger charge is 2.47. The fourth-order valence-electron chi connectivity index (χ4n) is 2.44. The molecular formula is C13H23NO2S. The molecule has 1 aliphatic heterocycles. The minimum atomic E-state index is -0.429. The van der Waals surface area contributed by atoms with E-state index in [9.17, 15) is 4.79 Å². The lowest BCUT2D eigenvalue weighted by atomic mass is 9.89. The van der Waals surface area contributed by atoms with E-state index in [4.69, 9.17) is 4.74 Å². The zero-order valence-corrected chi connectivity index (χ0v) is 11.6. The number of carbonyl (C=O) groups is 1. The molecule has 0 bridgehead atoms. The number of thioether (sulfide) groups is 1. The molecule has 0 aromatic heterocycles. The van der Waals surface area contributed by atoms with Crippen molar-refractivity contribution < 1.29 is 9.53 Å². The maximum atomic E-state index is 12.3. The van der Waals surface area contributed by atoms with Gasteiger partial charge in [0, 0.05) is 5.25 Å². The third kappa shape index (κ3) is 2.97. The summed E-state index contributed by atoms with van der Waals surface area (Å²) in [6, 6.07) is 0. The van der Waals surface area contributed by atoms with E-state index in [0.717, 1.165) is 31.1 Å². The third-order valence-electron chi connectivity index (χ3n) is 3.82. The fraction of sp³-hybridized carbons (Fsp3) is 0.923. The number of nitrogens with one attached hydrogen (secondary N) is 1. The smallest absolute Gasteiger partial charge is 0.327 e. The van der Waals surface area contributed by atoms with Crippen LogP contribution in [-0.4, -0.2) is 35.7 Å². The first kappa shape index (κ1) is 13.2. The molecule has 2 atom stereocenters. The molecule has 0 aromatic carbocycles. The molecule has 0 amide bonds. The van der Waals surface area contributed by atoms with Crippen LogP contribution in [0.5, 0.6) is 0 Å². The minimum absolute atomic E-state index is 0.0413. The first-order chi connectivity index (χ1) is 8.19. The summed E-state index contributed by atoms with van der Waals surface area (Å²) >= 11 is 1.89. The highest BCUT2D eigenvalue weighted by atomic mass is 32.2. The van der Waals surface area contributed by atoms with E-state index in [0.29, 0.717) is 11.9 Å². The van der Waals surface area contributed by atoms with Gasteiger partial charge >= 0.3 is 5.97 Å². The SMILES string of the molecule is CCOC(=O)C1(NCC2CC2)CCCSC1C. The van der Waals surface area contributed by atoms with Gasteiger partial charge in [0.2, 0.25) is 0 Å². The average Bonchev–Trinajstić information content (AvgIpc) is 3.12. The van der Waals surface area contributed by atoms with Crippen LogP contribution < -0.4 is 5.32 Å². The second-order valence-electron chi connectivity index (χ2n) is 5.13. The highest BCUT2D eigenvalue weighted by molar-refractivity contribution is 8.00. The van der Waals surface area contributed by atoms with E-state index in [1.807, 2.05) is 18.7 Å². The number of esters is 1. The van der Waals surface area contributed by atoms with Gasteiger partial charge in [-0.15, -0.1) is 0 Å². The Bertz CT molecular complexity index is 281. The van der Waals surface area contributed by atoms with Gasteiger partial charge < -0.3 is 10.1 Å². The molecule has 1 heterocycles. The van der Waals surface area contributed by atoms with E-state index < -0.39 is 5.54 Å². The van der Waals surface area contributed by atoms with Crippen LogP contribution in [0.1, 0.15) is 39.5 Å². The zero-order valence-electron chi connectivity index (χ0n) is 10.8. The van der Waals surface area contributed by atoms with Crippen LogP contribution in [-0.2, 0) is 9.53 Å². The van der Waals surface area contributed by atoms with Gasteiger partial charge in [0.25, 0.3) is 0 Å². The van der Waals surface area contributed by atoms with Crippen LogP contribution in [0.4, 0.5) is 0 Å². The molecule has 2 rings (SSSR count). The number of ether oxygens (including phenoxy) is 1. The van der Waals surface area contributed by atoms with Gasteiger partial charge in [-0.3, -0.25) is 4.79 Å². The summed E-state index contributed by atoms with van der Waals surface area (Å²) in [6.45, 7) is 5.49. The summed E-state index contributed by atoms with van der Waals surface area (Å²) in [6.07, 6.45) is 4.65. The number of carbonyl (C=O) groups excluding carboxylic acids is 1. The number of hydrogen-bond donors (Lipinski definition) is 1. The van der Waals surface area contributed by atoms with E-state index in [2.05, 4.69) is 12.2 Å². The van der Waals surface area contributed by atoms with Crippen LogP contribution in [0, 0.1) is 5.92 Å². The van der Waals surface area contributed by atoms with E-state index in [-0.39, 0.29) is 5.97 Å².